The summed E-state index contributed by atoms with van der Waals surface area (Å²) < 4.78 is 12.6. The molecule has 8 saturated carbocycles. The lowest BCUT2D eigenvalue weighted by Crippen LogP contribution is -2.62. The Bertz CT molecular complexity index is 767. The Hall–Kier alpha value is -1.06. The number of hydrogen-bond donors (Lipinski definition) is 0. The van der Waals surface area contributed by atoms with Gasteiger partial charge in [-0.2, -0.15) is 0 Å². The van der Waals surface area contributed by atoms with Crippen molar-refractivity contribution in [1.29, 1.82) is 0 Å². The van der Waals surface area contributed by atoms with Crippen LogP contribution in [0.15, 0.2) is 0 Å². The standard InChI is InChI=1S/C20H20O4/c21-15-20-12-8-4-2-6-18(8)14-10(12)9-11(19(14,20)16(22)24-18)7-3-1-5-17(7,23-15)13(9)20/h7-14H,1-6H2/t7-,8-,9-,10+,11-,12-,13-,14+,17-,18-,19+,20+/m0/s1. The van der Waals surface area contributed by atoms with Crippen LogP contribution in [0.1, 0.15) is 38.5 Å². The molecule has 0 aromatic carbocycles. The van der Waals surface area contributed by atoms with E-state index in [1.54, 1.807) is 0 Å². The average Bonchev–Trinajstić information content (AvgIpc) is 3.32. The summed E-state index contributed by atoms with van der Waals surface area (Å²) in [5.41, 5.74) is -1.25. The van der Waals surface area contributed by atoms with E-state index in [1.807, 2.05) is 0 Å². The third-order valence-corrected chi connectivity index (χ3v) is 11.3. The molecule has 124 valence electrons. The van der Waals surface area contributed by atoms with Crippen LogP contribution in [0.3, 0.4) is 0 Å². The second-order valence-corrected chi connectivity index (χ2v) is 10.6. The molecule has 4 spiro atoms. The van der Waals surface area contributed by atoms with Crippen molar-refractivity contribution in [1.82, 2.24) is 0 Å². The van der Waals surface area contributed by atoms with Gasteiger partial charge in [0, 0.05) is 23.7 Å². The third kappa shape index (κ3) is 0.579. The molecule has 8 aliphatic carbocycles. The molecule has 0 aromatic rings. The average molecular weight is 324 g/mol. The lowest BCUT2D eigenvalue weighted by atomic mass is 9.45. The largest absolute Gasteiger partial charge is 0.458 e. The molecule has 2 saturated heterocycles. The number of rotatable bonds is 0. The van der Waals surface area contributed by atoms with E-state index in [1.165, 1.54) is 12.8 Å². The van der Waals surface area contributed by atoms with Gasteiger partial charge in [-0.15, -0.1) is 0 Å². The van der Waals surface area contributed by atoms with Gasteiger partial charge in [-0.05, 0) is 62.2 Å². The molecule has 4 nitrogen and oxygen atoms in total. The van der Waals surface area contributed by atoms with E-state index >= 15 is 0 Å². The first kappa shape index (κ1) is 11.5. The number of hydrogen-bond acceptors (Lipinski definition) is 4. The summed E-state index contributed by atoms with van der Waals surface area (Å²) in [6, 6.07) is 0. The van der Waals surface area contributed by atoms with Crippen LogP contribution < -0.4 is 0 Å². The van der Waals surface area contributed by atoms with Crippen molar-refractivity contribution in [3.8, 4) is 0 Å². The van der Waals surface area contributed by atoms with Gasteiger partial charge in [0.2, 0.25) is 0 Å². The fraction of sp³-hybridized carbons (Fsp3) is 0.900. The second kappa shape index (κ2) is 2.59. The Balaban J connectivity index is 1.47. The molecule has 0 amide bonds. The Labute approximate surface area is 139 Å². The van der Waals surface area contributed by atoms with E-state index in [0.29, 0.717) is 47.3 Å². The summed E-state index contributed by atoms with van der Waals surface area (Å²) in [5.74, 6) is 3.77. The molecule has 10 fully saturated rings. The van der Waals surface area contributed by atoms with Crippen molar-refractivity contribution in [3.05, 3.63) is 0 Å². The maximum atomic E-state index is 13.5. The molecule has 2 aliphatic heterocycles. The van der Waals surface area contributed by atoms with E-state index in [0.717, 1.165) is 25.7 Å². The fourth-order valence-corrected chi connectivity index (χ4v) is 12.2. The van der Waals surface area contributed by atoms with Crippen LogP contribution in [-0.4, -0.2) is 23.1 Å². The SMILES string of the molecule is O=C1O[C@@]23CCC[C@H]2[C@H]2[C@H]4[C@H]5[C@@H]6[C@@H]7CCC[C@]78OC(=O)[C@@]2([C@@H]58)[C@]16[C@H]43. The van der Waals surface area contributed by atoms with Crippen LogP contribution in [-0.2, 0) is 19.1 Å². The van der Waals surface area contributed by atoms with Crippen LogP contribution in [0, 0.1) is 58.2 Å². The van der Waals surface area contributed by atoms with Crippen molar-refractivity contribution in [3.63, 3.8) is 0 Å². The summed E-state index contributed by atoms with van der Waals surface area (Å²) >= 11 is 0. The van der Waals surface area contributed by atoms with Crippen molar-refractivity contribution in [2.45, 2.75) is 49.7 Å². The number of esters is 2. The maximum absolute atomic E-state index is 13.5. The van der Waals surface area contributed by atoms with E-state index < -0.39 is 10.8 Å². The van der Waals surface area contributed by atoms with Gasteiger partial charge in [0.25, 0.3) is 0 Å². The molecule has 0 aromatic heterocycles. The molecule has 2 heterocycles. The molecule has 0 radical (unpaired) electrons. The summed E-state index contributed by atoms with van der Waals surface area (Å²) in [6.07, 6.45) is 6.80. The zero-order valence-electron chi connectivity index (χ0n) is 13.5. The van der Waals surface area contributed by atoms with Crippen LogP contribution >= 0.6 is 0 Å². The second-order valence-electron chi connectivity index (χ2n) is 10.6. The highest BCUT2D eigenvalue weighted by atomic mass is 16.6. The molecule has 0 unspecified atom stereocenters. The van der Waals surface area contributed by atoms with Gasteiger partial charge in [-0.25, -0.2) is 0 Å². The van der Waals surface area contributed by atoms with E-state index in [9.17, 15) is 9.59 Å². The summed E-state index contributed by atoms with van der Waals surface area (Å²) in [5, 5.41) is 0. The molecular weight excluding hydrogens is 304 g/mol. The van der Waals surface area contributed by atoms with Crippen LogP contribution in [0.4, 0.5) is 0 Å². The first-order valence-electron chi connectivity index (χ1n) is 10.1. The van der Waals surface area contributed by atoms with Gasteiger partial charge in [-0.3, -0.25) is 9.59 Å². The van der Waals surface area contributed by atoms with E-state index in [-0.39, 0.29) is 23.1 Å². The Morgan fingerprint density at radius 3 is 1.67 bits per heavy atom. The third-order valence-electron chi connectivity index (χ3n) is 11.3. The Morgan fingerprint density at radius 2 is 1.21 bits per heavy atom. The monoisotopic (exact) mass is 324 g/mol. The lowest BCUT2D eigenvalue weighted by molar-refractivity contribution is -0.166. The fourth-order valence-electron chi connectivity index (χ4n) is 12.2. The minimum absolute atomic E-state index is 0.0405. The smallest absolute Gasteiger partial charge is 0.314 e. The van der Waals surface area contributed by atoms with Crippen molar-refractivity contribution in [2.75, 3.05) is 0 Å². The highest BCUT2D eigenvalue weighted by molar-refractivity contribution is 5.99. The van der Waals surface area contributed by atoms with Gasteiger partial charge >= 0.3 is 11.9 Å². The topological polar surface area (TPSA) is 52.6 Å². The Kier molecular flexibility index (Phi) is 1.25. The van der Waals surface area contributed by atoms with Crippen molar-refractivity contribution >= 4 is 11.9 Å². The van der Waals surface area contributed by atoms with Crippen LogP contribution in [0.5, 0.6) is 0 Å². The van der Waals surface area contributed by atoms with Gasteiger partial charge in [-0.1, -0.05) is 0 Å². The zero-order valence-corrected chi connectivity index (χ0v) is 13.5. The highest BCUT2D eigenvalue weighted by Gasteiger charge is 3.09. The normalized spacial score (nSPS) is 78.5. The van der Waals surface area contributed by atoms with E-state index in [4.69, 9.17) is 9.47 Å². The Morgan fingerprint density at radius 1 is 0.750 bits per heavy atom. The number of carbonyl (C=O) groups excluding carboxylic acids is 2. The predicted octanol–water partition coefficient (Wildman–Crippen LogP) is 1.92. The minimum Gasteiger partial charge on any atom is -0.458 e. The zero-order chi connectivity index (χ0) is 15.4. The molecule has 10 aliphatic rings. The van der Waals surface area contributed by atoms with Gasteiger partial charge in [0.05, 0.1) is 10.8 Å². The summed E-state index contributed by atoms with van der Waals surface area (Å²) in [6.45, 7) is 0. The predicted molar refractivity (Wildman–Crippen MR) is 78.1 cm³/mol. The van der Waals surface area contributed by atoms with Crippen LogP contribution in [0.25, 0.3) is 0 Å². The first-order chi connectivity index (χ1) is 11.7. The molecule has 10 rings (SSSR count). The quantitative estimate of drug-likeness (QED) is 0.639. The summed E-state index contributed by atoms with van der Waals surface area (Å²) in [4.78, 5) is 27.0. The molecular formula is C20H20O4. The maximum Gasteiger partial charge on any atom is 0.314 e. The van der Waals surface area contributed by atoms with Crippen molar-refractivity contribution in [2.24, 2.45) is 58.2 Å². The van der Waals surface area contributed by atoms with Crippen molar-refractivity contribution < 1.29 is 19.1 Å². The van der Waals surface area contributed by atoms with Gasteiger partial charge < -0.3 is 9.47 Å². The molecule has 0 N–H and O–H groups in total. The summed E-state index contributed by atoms with van der Waals surface area (Å²) in [7, 11) is 0. The highest BCUT2D eigenvalue weighted by Crippen LogP contribution is 3.02. The van der Waals surface area contributed by atoms with E-state index in [2.05, 4.69) is 0 Å². The first-order valence-corrected chi connectivity index (χ1v) is 10.1. The van der Waals surface area contributed by atoms with Gasteiger partial charge in [0.1, 0.15) is 11.2 Å². The molecule has 24 heavy (non-hydrogen) atoms. The minimum atomic E-state index is -0.454. The molecule has 12 atom stereocenters. The van der Waals surface area contributed by atoms with Crippen LogP contribution in [0.2, 0.25) is 0 Å². The number of ether oxygens (including phenoxy) is 2. The molecule has 4 heteroatoms. The van der Waals surface area contributed by atoms with Gasteiger partial charge in [0.15, 0.2) is 0 Å². The number of carbonyl (C=O) groups is 2. The molecule has 8 bridgehead atoms. The lowest BCUT2D eigenvalue weighted by Gasteiger charge is -2.51.